The van der Waals surface area contributed by atoms with E-state index in [1.165, 1.54) is 20.2 Å². The second-order valence-electron chi connectivity index (χ2n) is 4.73. The van der Waals surface area contributed by atoms with Gasteiger partial charge in [0.1, 0.15) is 18.0 Å². The lowest BCUT2D eigenvalue weighted by Gasteiger charge is -2.14. The zero-order chi connectivity index (χ0) is 15.8. The van der Waals surface area contributed by atoms with Crippen LogP contribution in [0.1, 0.15) is 17.0 Å². The second kappa shape index (κ2) is 5.41. The number of sulfonamides is 1. The molecule has 0 fully saturated rings. The van der Waals surface area contributed by atoms with Gasteiger partial charge in [0.05, 0.1) is 17.1 Å². The molecule has 1 heterocycles. The van der Waals surface area contributed by atoms with E-state index >= 15 is 0 Å². The molecule has 2 rings (SSSR count). The molecule has 0 aliphatic carbocycles. The van der Waals surface area contributed by atoms with Crippen molar-refractivity contribution in [1.82, 2.24) is 19.5 Å². The van der Waals surface area contributed by atoms with Gasteiger partial charge in [-0.3, -0.25) is 0 Å². The lowest BCUT2D eigenvalue weighted by atomic mass is 10.1. The largest absolute Gasteiger partial charge is 0.396 e. The summed E-state index contributed by atoms with van der Waals surface area (Å²) in [6, 6.07) is 1.11. The average Bonchev–Trinajstić information content (AvgIpc) is 2.79. The quantitative estimate of drug-likeness (QED) is 0.806. The molecule has 114 valence electrons. The summed E-state index contributed by atoms with van der Waals surface area (Å²) in [4.78, 5) is -0.0106. The van der Waals surface area contributed by atoms with Crippen LogP contribution in [0.5, 0.6) is 0 Å². The fourth-order valence-corrected chi connectivity index (χ4v) is 3.50. The van der Waals surface area contributed by atoms with Crippen LogP contribution >= 0.6 is 0 Å². The summed E-state index contributed by atoms with van der Waals surface area (Å²) in [6.45, 7) is 2.98. The molecule has 0 aliphatic rings. The molecule has 1 aromatic carbocycles. The summed E-state index contributed by atoms with van der Waals surface area (Å²) in [5, 5.41) is 7.45. The maximum Gasteiger partial charge on any atom is 0.241 e. The lowest BCUT2D eigenvalue weighted by molar-refractivity contribution is 0.575. The van der Waals surface area contributed by atoms with Crippen LogP contribution in [0.3, 0.4) is 0 Å². The molecule has 0 unspecified atom stereocenters. The minimum atomic E-state index is -3.83. The van der Waals surface area contributed by atoms with E-state index in [2.05, 4.69) is 14.9 Å². The van der Waals surface area contributed by atoms with Gasteiger partial charge in [-0.2, -0.15) is 0 Å². The predicted molar refractivity (Wildman–Crippen MR) is 75.3 cm³/mol. The van der Waals surface area contributed by atoms with Crippen LogP contribution < -0.4 is 10.5 Å². The van der Waals surface area contributed by atoms with Gasteiger partial charge in [-0.05, 0) is 31.0 Å². The van der Waals surface area contributed by atoms with Crippen molar-refractivity contribution in [1.29, 1.82) is 0 Å². The summed E-state index contributed by atoms with van der Waals surface area (Å²) in [7, 11) is -2.13. The Labute approximate surface area is 122 Å². The highest BCUT2D eigenvalue weighted by molar-refractivity contribution is 7.89. The van der Waals surface area contributed by atoms with E-state index in [-0.39, 0.29) is 22.7 Å². The maximum absolute atomic E-state index is 13.5. The van der Waals surface area contributed by atoms with E-state index in [0.29, 0.717) is 11.4 Å². The van der Waals surface area contributed by atoms with Crippen LogP contribution in [0.15, 0.2) is 17.3 Å². The van der Waals surface area contributed by atoms with Crippen molar-refractivity contribution in [3.8, 4) is 0 Å². The zero-order valence-electron chi connectivity index (χ0n) is 11.9. The highest BCUT2D eigenvalue weighted by Gasteiger charge is 2.23. The Morgan fingerprint density at radius 2 is 2.10 bits per heavy atom. The number of halogens is 1. The first kappa shape index (κ1) is 15.4. The van der Waals surface area contributed by atoms with Gasteiger partial charge >= 0.3 is 0 Å². The van der Waals surface area contributed by atoms with E-state index in [0.717, 1.165) is 6.07 Å². The van der Waals surface area contributed by atoms with Gasteiger partial charge in [0.25, 0.3) is 0 Å². The number of benzene rings is 1. The molecule has 7 nitrogen and oxygen atoms in total. The van der Waals surface area contributed by atoms with Crippen LogP contribution in [0.25, 0.3) is 0 Å². The SMILES string of the molecule is Cc1cc(F)c(N)c(C)c1S(=O)(=O)NCc1nncn1C. The van der Waals surface area contributed by atoms with Gasteiger partial charge < -0.3 is 10.3 Å². The molecule has 0 saturated heterocycles. The normalized spacial score (nSPS) is 11.8. The predicted octanol–water partition coefficient (Wildman–Crippen LogP) is 0.632. The highest BCUT2D eigenvalue weighted by atomic mass is 32.2. The molecule has 0 aliphatic heterocycles. The smallest absolute Gasteiger partial charge is 0.241 e. The Morgan fingerprint density at radius 3 is 2.67 bits per heavy atom. The van der Waals surface area contributed by atoms with Gasteiger partial charge in [0.2, 0.25) is 10.0 Å². The number of aromatic nitrogens is 3. The fourth-order valence-electron chi connectivity index (χ4n) is 2.04. The summed E-state index contributed by atoms with van der Waals surface area (Å²) in [6.07, 6.45) is 1.47. The van der Waals surface area contributed by atoms with Gasteiger partial charge in [-0.25, -0.2) is 17.5 Å². The van der Waals surface area contributed by atoms with E-state index in [9.17, 15) is 12.8 Å². The van der Waals surface area contributed by atoms with Crippen molar-refractivity contribution >= 4 is 15.7 Å². The maximum atomic E-state index is 13.5. The number of rotatable bonds is 4. The minimum Gasteiger partial charge on any atom is -0.396 e. The number of nitrogen functional groups attached to an aromatic ring is 1. The van der Waals surface area contributed by atoms with Crippen molar-refractivity contribution in [3.63, 3.8) is 0 Å². The Balaban J connectivity index is 2.37. The molecule has 21 heavy (non-hydrogen) atoms. The van der Waals surface area contributed by atoms with Gasteiger partial charge in [-0.1, -0.05) is 0 Å². The van der Waals surface area contributed by atoms with Crippen molar-refractivity contribution in [2.45, 2.75) is 25.3 Å². The van der Waals surface area contributed by atoms with Crippen molar-refractivity contribution in [3.05, 3.63) is 35.2 Å². The van der Waals surface area contributed by atoms with Crippen molar-refractivity contribution in [2.24, 2.45) is 7.05 Å². The van der Waals surface area contributed by atoms with Gasteiger partial charge in [-0.15, -0.1) is 10.2 Å². The van der Waals surface area contributed by atoms with Crippen LogP contribution in [0, 0.1) is 19.7 Å². The third-order valence-electron chi connectivity index (χ3n) is 3.20. The monoisotopic (exact) mass is 313 g/mol. The van der Waals surface area contributed by atoms with Crippen molar-refractivity contribution in [2.75, 3.05) is 5.73 Å². The van der Waals surface area contributed by atoms with E-state index in [1.54, 1.807) is 11.6 Å². The summed E-state index contributed by atoms with van der Waals surface area (Å²) >= 11 is 0. The Bertz CT molecular complexity index is 785. The molecule has 2 aromatic rings. The van der Waals surface area contributed by atoms with E-state index < -0.39 is 15.8 Å². The number of hydrogen-bond donors (Lipinski definition) is 2. The Morgan fingerprint density at radius 1 is 1.43 bits per heavy atom. The molecule has 0 atom stereocenters. The van der Waals surface area contributed by atoms with Crippen LogP contribution in [-0.2, 0) is 23.6 Å². The number of aryl methyl sites for hydroxylation is 2. The molecule has 0 saturated carbocycles. The van der Waals surface area contributed by atoms with Crippen LogP contribution in [0.4, 0.5) is 10.1 Å². The first-order valence-electron chi connectivity index (χ1n) is 6.11. The molecule has 3 N–H and O–H groups in total. The average molecular weight is 313 g/mol. The first-order chi connectivity index (χ1) is 9.74. The first-order valence-corrected chi connectivity index (χ1v) is 7.60. The second-order valence-corrected chi connectivity index (χ2v) is 6.43. The molecular formula is C12H16FN5O2S. The number of nitrogens with zero attached hydrogens (tertiary/aromatic N) is 3. The lowest BCUT2D eigenvalue weighted by Crippen LogP contribution is -2.26. The zero-order valence-corrected chi connectivity index (χ0v) is 12.7. The molecule has 0 amide bonds. The molecule has 1 aromatic heterocycles. The highest BCUT2D eigenvalue weighted by Crippen LogP contribution is 2.27. The third-order valence-corrected chi connectivity index (χ3v) is 4.89. The Hall–Kier alpha value is -2.00. The fraction of sp³-hybridized carbons (Fsp3) is 0.333. The number of anilines is 1. The summed E-state index contributed by atoms with van der Waals surface area (Å²) in [5.74, 6) is -0.166. The third kappa shape index (κ3) is 2.88. The standard InChI is InChI=1S/C12H16FN5O2S/c1-7-4-9(13)11(14)8(2)12(7)21(19,20)16-5-10-17-15-6-18(10)3/h4,6,16H,5,14H2,1-3H3. The van der Waals surface area contributed by atoms with E-state index in [4.69, 9.17) is 5.73 Å². The Kier molecular flexibility index (Phi) is 3.97. The molecule has 0 radical (unpaired) electrons. The van der Waals surface area contributed by atoms with Crippen LogP contribution in [-0.4, -0.2) is 23.2 Å². The van der Waals surface area contributed by atoms with Crippen molar-refractivity contribution < 1.29 is 12.8 Å². The molecule has 0 bridgehead atoms. The summed E-state index contributed by atoms with van der Waals surface area (Å²) in [5.41, 5.74) is 5.89. The molecule has 0 spiro atoms. The van der Waals surface area contributed by atoms with Crippen LogP contribution in [0.2, 0.25) is 0 Å². The molecule has 9 heteroatoms. The topological polar surface area (TPSA) is 103 Å². The molecular weight excluding hydrogens is 297 g/mol. The minimum absolute atomic E-state index is 0.0106. The number of nitrogens with two attached hydrogens (primary N) is 1. The van der Waals surface area contributed by atoms with Gasteiger partial charge in [0, 0.05) is 7.05 Å². The number of nitrogens with one attached hydrogen (secondary N) is 1. The van der Waals surface area contributed by atoms with Gasteiger partial charge in [0.15, 0.2) is 0 Å². The summed E-state index contributed by atoms with van der Waals surface area (Å²) < 4.78 is 42.3. The van der Waals surface area contributed by atoms with E-state index in [1.807, 2.05) is 0 Å². The number of hydrogen-bond acceptors (Lipinski definition) is 5.